The number of hydrogen-bond donors (Lipinski definition) is 2. The monoisotopic (exact) mass is 271 g/mol. The Bertz CT molecular complexity index is 274. The van der Waals surface area contributed by atoms with Gasteiger partial charge in [-0.3, -0.25) is 9.69 Å². The highest BCUT2D eigenvalue weighted by Crippen LogP contribution is 2.46. The van der Waals surface area contributed by atoms with Crippen molar-refractivity contribution in [1.29, 1.82) is 0 Å². The third-order valence-electron chi connectivity index (χ3n) is 4.57. The number of aliphatic hydroxyl groups is 1. The van der Waals surface area contributed by atoms with Crippen LogP contribution in [0.15, 0.2) is 0 Å². The predicted molar refractivity (Wildman–Crippen MR) is 77.0 cm³/mol. The lowest BCUT2D eigenvalue weighted by Crippen LogP contribution is -2.55. The zero-order valence-electron chi connectivity index (χ0n) is 11.3. The summed E-state index contributed by atoms with van der Waals surface area (Å²) in [7, 11) is 1.00. The molecule has 1 aliphatic carbocycles. The van der Waals surface area contributed by atoms with E-state index in [2.05, 4.69) is 10.2 Å². The topological polar surface area (TPSA) is 55.8 Å². The molecule has 2 saturated heterocycles. The molecule has 1 atom stereocenters. The molecule has 0 radical (unpaired) electrons. The number of rotatable bonds is 2. The molecule has 0 aromatic carbocycles. The van der Waals surface area contributed by atoms with E-state index in [1.54, 1.807) is 0 Å². The third-order valence-corrected chi connectivity index (χ3v) is 4.57. The average molecular weight is 271 g/mol. The minimum absolute atomic E-state index is 0. The fraction of sp³-hybridized carbons (Fsp3) is 0.929. The first kappa shape index (κ1) is 16.4. The Labute approximate surface area is 117 Å². The summed E-state index contributed by atoms with van der Waals surface area (Å²) in [5.41, 5.74) is 0.496. The summed E-state index contributed by atoms with van der Waals surface area (Å²) in [6.45, 7) is 6.72. The van der Waals surface area contributed by atoms with Crippen LogP contribution in [0.2, 0.25) is 0 Å². The number of piperazine rings is 1. The molecule has 5 heteroatoms. The van der Waals surface area contributed by atoms with Gasteiger partial charge in [-0.1, -0.05) is 7.43 Å². The Kier molecular flexibility index (Phi) is 6.23. The summed E-state index contributed by atoms with van der Waals surface area (Å²) < 4.78 is 0. The molecule has 0 bridgehead atoms. The van der Waals surface area contributed by atoms with Crippen LogP contribution in [0, 0.1) is 5.41 Å². The lowest BCUT2D eigenvalue weighted by atomic mass is 9.78. The van der Waals surface area contributed by atoms with Crippen LogP contribution in [-0.4, -0.2) is 73.7 Å². The molecule has 3 aliphatic rings. The van der Waals surface area contributed by atoms with Crippen molar-refractivity contribution in [3.05, 3.63) is 0 Å². The lowest BCUT2D eigenvalue weighted by Gasteiger charge is -2.47. The Morgan fingerprint density at radius 1 is 1.26 bits per heavy atom. The van der Waals surface area contributed by atoms with Gasteiger partial charge in [-0.15, -0.1) is 0 Å². The smallest absolute Gasteiger partial charge is 0.209 e. The zero-order valence-corrected chi connectivity index (χ0v) is 11.3. The van der Waals surface area contributed by atoms with Crippen LogP contribution in [0.1, 0.15) is 26.7 Å². The second-order valence-corrected chi connectivity index (χ2v) is 5.69. The van der Waals surface area contributed by atoms with Gasteiger partial charge < -0.3 is 15.3 Å². The van der Waals surface area contributed by atoms with E-state index in [0.717, 1.165) is 45.7 Å². The summed E-state index contributed by atoms with van der Waals surface area (Å²) in [4.78, 5) is 15.2. The highest BCUT2D eigenvalue weighted by Gasteiger charge is 2.48. The van der Waals surface area contributed by atoms with Crippen molar-refractivity contribution in [3.8, 4) is 0 Å². The highest BCUT2D eigenvalue weighted by atomic mass is 16.2. The van der Waals surface area contributed by atoms with E-state index in [1.807, 2.05) is 4.90 Å². The number of nitrogens with one attached hydrogen (secondary N) is 1. The van der Waals surface area contributed by atoms with Crippen molar-refractivity contribution in [2.75, 3.05) is 46.4 Å². The number of amides is 1. The molecule has 1 saturated carbocycles. The molecule has 1 unspecified atom stereocenters. The van der Waals surface area contributed by atoms with Gasteiger partial charge in [-0.05, 0) is 19.3 Å². The normalized spacial score (nSPS) is 28.9. The third kappa shape index (κ3) is 3.46. The number of carbonyl (C=O) groups is 1. The van der Waals surface area contributed by atoms with Crippen LogP contribution in [0.5, 0.6) is 0 Å². The summed E-state index contributed by atoms with van der Waals surface area (Å²) >= 11 is 0. The fourth-order valence-corrected chi connectivity index (χ4v) is 3.71. The van der Waals surface area contributed by atoms with Crippen LogP contribution in [0.3, 0.4) is 0 Å². The number of hydrogen-bond acceptors (Lipinski definition) is 4. The van der Waals surface area contributed by atoms with E-state index in [-0.39, 0.29) is 7.43 Å². The maximum atomic E-state index is 10.6. The predicted octanol–water partition coefficient (Wildman–Crippen LogP) is 0.147. The molecule has 0 aromatic rings. The highest BCUT2D eigenvalue weighted by molar-refractivity contribution is 5.49. The Morgan fingerprint density at radius 2 is 1.89 bits per heavy atom. The van der Waals surface area contributed by atoms with Crippen molar-refractivity contribution in [2.45, 2.75) is 32.7 Å². The van der Waals surface area contributed by atoms with E-state index in [0.29, 0.717) is 5.41 Å². The van der Waals surface area contributed by atoms with E-state index in [1.165, 1.54) is 32.4 Å². The first-order valence-corrected chi connectivity index (χ1v) is 6.90. The first-order valence-electron chi connectivity index (χ1n) is 6.90. The molecule has 2 N–H and O–H groups in total. The van der Waals surface area contributed by atoms with Crippen LogP contribution in [0.4, 0.5) is 0 Å². The number of aliphatic hydroxyl groups excluding tert-OH is 1. The number of carbonyl (C=O) groups excluding carboxylic acids is 1. The van der Waals surface area contributed by atoms with Crippen LogP contribution < -0.4 is 5.32 Å². The first-order chi connectivity index (χ1) is 8.81. The molecule has 19 heavy (non-hydrogen) atoms. The molecular formula is C14H29N3O2. The van der Waals surface area contributed by atoms with Crippen molar-refractivity contribution >= 4 is 6.41 Å². The lowest BCUT2D eigenvalue weighted by molar-refractivity contribution is -0.129. The van der Waals surface area contributed by atoms with Crippen LogP contribution in [-0.2, 0) is 4.79 Å². The van der Waals surface area contributed by atoms with Gasteiger partial charge in [0, 0.05) is 57.8 Å². The maximum absolute atomic E-state index is 10.6. The zero-order chi connectivity index (χ0) is 13.0. The Balaban J connectivity index is 0.000000576. The average Bonchev–Trinajstić information content (AvgIpc) is 2.85. The largest absolute Gasteiger partial charge is 0.400 e. The summed E-state index contributed by atoms with van der Waals surface area (Å²) in [5.74, 6) is 0. The molecule has 2 aliphatic heterocycles. The van der Waals surface area contributed by atoms with Gasteiger partial charge in [0.05, 0.1) is 0 Å². The van der Waals surface area contributed by atoms with Gasteiger partial charge in [0.25, 0.3) is 0 Å². The molecular weight excluding hydrogens is 242 g/mol. The van der Waals surface area contributed by atoms with Crippen molar-refractivity contribution in [1.82, 2.24) is 15.1 Å². The number of nitrogens with zero attached hydrogens (tertiary/aromatic N) is 2. The Hall–Kier alpha value is -0.650. The summed E-state index contributed by atoms with van der Waals surface area (Å²) in [6.07, 6.45) is 4.99. The minimum Gasteiger partial charge on any atom is -0.400 e. The standard InChI is InChI=1S/C12H21N3O.CH4O.CH4/c16-10-14-8-12(9-14)2-1-11(7-12)15-5-3-13-4-6-15;1-2;/h10-11,13H,1-9H2;2H,1H3;1H4. The molecule has 3 fully saturated rings. The van der Waals surface area contributed by atoms with Crippen LogP contribution >= 0.6 is 0 Å². The molecule has 0 aromatic heterocycles. The van der Waals surface area contributed by atoms with E-state index < -0.39 is 0 Å². The van der Waals surface area contributed by atoms with Gasteiger partial charge in [0.15, 0.2) is 0 Å². The Morgan fingerprint density at radius 3 is 2.47 bits per heavy atom. The summed E-state index contributed by atoms with van der Waals surface area (Å²) in [6, 6.07) is 0.788. The van der Waals surface area contributed by atoms with Gasteiger partial charge in [-0.2, -0.15) is 0 Å². The second-order valence-electron chi connectivity index (χ2n) is 5.69. The van der Waals surface area contributed by atoms with Crippen LogP contribution in [0.25, 0.3) is 0 Å². The molecule has 5 nitrogen and oxygen atoms in total. The van der Waals surface area contributed by atoms with E-state index in [9.17, 15) is 4.79 Å². The molecule has 3 rings (SSSR count). The molecule has 1 spiro atoms. The van der Waals surface area contributed by atoms with Gasteiger partial charge >= 0.3 is 0 Å². The van der Waals surface area contributed by atoms with Gasteiger partial charge in [-0.25, -0.2) is 0 Å². The fourth-order valence-electron chi connectivity index (χ4n) is 3.71. The quantitative estimate of drug-likeness (QED) is 0.702. The molecule has 2 heterocycles. The van der Waals surface area contributed by atoms with E-state index >= 15 is 0 Å². The van der Waals surface area contributed by atoms with Gasteiger partial charge in [0.2, 0.25) is 6.41 Å². The van der Waals surface area contributed by atoms with E-state index in [4.69, 9.17) is 5.11 Å². The minimum atomic E-state index is 0. The van der Waals surface area contributed by atoms with Gasteiger partial charge in [0.1, 0.15) is 0 Å². The number of likely N-dealkylation sites (tertiary alicyclic amines) is 1. The SMILES string of the molecule is C.CO.O=CN1CC2(CCC(N3CCNCC3)C2)C1. The molecule has 1 amide bonds. The van der Waals surface area contributed by atoms with Crippen molar-refractivity contribution in [3.63, 3.8) is 0 Å². The summed E-state index contributed by atoms with van der Waals surface area (Å²) in [5, 5.41) is 10.4. The maximum Gasteiger partial charge on any atom is 0.209 e. The second kappa shape index (κ2) is 7.22. The molecule has 112 valence electrons. The van der Waals surface area contributed by atoms with Crippen molar-refractivity contribution < 1.29 is 9.90 Å². The van der Waals surface area contributed by atoms with Crippen molar-refractivity contribution in [2.24, 2.45) is 5.41 Å².